The zero-order valence-corrected chi connectivity index (χ0v) is 14.5. The van der Waals surface area contributed by atoms with Gasteiger partial charge < -0.3 is 14.6 Å². The number of anilines is 1. The second-order valence-electron chi connectivity index (χ2n) is 6.22. The number of amides is 1. The molecule has 5 heteroatoms. The molecule has 0 radical (unpaired) electrons. The second kappa shape index (κ2) is 5.97. The Morgan fingerprint density at radius 3 is 2.56 bits per heavy atom. The first-order valence-electron chi connectivity index (χ1n) is 8.05. The van der Waals surface area contributed by atoms with Gasteiger partial charge >= 0.3 is 0 Å². The van der Waals surface area contributed by atoms with Gasteiger partial charge in [-0.3, -0.25) is 4.79 Å². The number of fused-ring (bicyclic) bond motifs is 1. The summed E-state index contributed by atoms with van der Waals surface area (Å²) in [4.78, 5) is 15.0. The van der Waals surface area contributed by atoms with Gasteiger partial charge in [0, 0.05) is 10.7 Å². The van der Waals surface area contributed by atoms with E-state index in [9.17, 15) is 4.79 Å². The SMILES string of the molecule is CC1(c2ccc(Cl)cc2)Nc2ccccc2C(=O)N1Cc1ccco1. The first kappa shape index (κ1) is 15.8. The molecule has 1 unspecified atom stereocenters. The van der Waals surface area contributed by atoms with Crippen LogP contribution in [-0.2, 0) is 12.2 Å². The van der Waals surface area contributed by atoms with Crippen LogP contribution in [0.15, 0.2) is 71.3 Å². The van der Waals surface area contributed by atoms with E-state index in [2.05, 4.69) is 5.32 Å². The summed E-state index contributed by atoms with van der Waals surface area (Å²) in [5.74, 6) is 0.693. The zero-order valence-electron chi connectivity index (χ0n) is 13.7. The molecule has 4 rings (SSSR count). The third-order valence-electron chi connectivity index (χ3n) is 4.62. The molecule has 2 aromatic carbocycles. The summed E-state index contributed by atoms with van der Waals surface area (Å²) in [6.07, 6.45) is 1.62. The van der Waals surface area contributed by atoms with E-state index in [0.717, 1.165) is 17.0 Å². The number of nitrogens with one attached hydrogen (secondary N) is 1. The Morgan fingerprint density at radius 1 is 1.08 bits per heavy atom. The van der Waals surface area contributed by atoms with Gasteiger partial charge in [0.1, 0.15) is 11.4 Å². The third-order valence-corrected chi connectivity index (χ3v) is 4.87. The molecule has 1 amide bonds. The van der Waals surface area contributed by atoms with Crippen molar-refractivity contribution in [2.24, 2.45) is 0 Å². The molecule has 0 aliphatic carbocycles. The fourth-order valence-corrected chi connectivity index (χ4v) is 3.37. The van der Waals surface area contributed by atoms with Crippen LogP contribution in [0.3, 0.4) is 0 Å². The lowest BCUT2D eigenvalue weighted by Crippen LogP contribution is -2.55. The topological polar surface area (TPSA) is 45.5 Å². The molecule has 1 aliphatic rings. The predicted molar refractivity (Wildman–Crippen MR) is 97.5 cm³/mol. The van der Waals surface area contributed by atoms with Crippen molar-refractivity contribution in [2.45, 2.75) is 19.1 Å². The molecule has 3 aromatic rings. The van der Waals surface area contributed by atoms with Gasteiger partial charge in [0.15, 0.2) is 0 Å². The molecular weight excluding hydrogens is 336 g/mol. The van der Waals surface area contributed by atoms with Gasteiger partial charge in [-0.2, -0.15) is 0 Å². The molecule has 2 heterocycles. The summed E-state index contributed by atoms with van der Waals surface area (Å²) in [6.45, 7) is 2.36. The molecule has 126 valence electrons. The Hall–Kier alpha value is -2.72. The second-order valence-corrected chi connectivity index (χ2v) is 6.66. The molecular formula is C20H17ClN2O2. The highest BCUT2D eigenvalue weighted by molar-refractivity contribution is 6.30. The molecule has 25 heavy (non-hydrogen) atoms. The molecule has 0 spiro atoms. The summed E-state index contributed by atoms with van der Waals surface area (Å²) in [5.41, 5.74) is 1.70. The van der Waals surface area contributed by atoms with Gasteiger partial charge in [0.2, 0.25) is 0 Å². The quantitative estimate of drug-likeness (QED) is 0.731. The van der Waals surface area contributed by atoms with E-state index in [4.69, 9.17) is 16.0 Å². The average Bonchev–Trinajstić information content (AvgIpc) is 3.12. The third kappa shape index (κ3) is 2.68. The van der Waals surface area contributed by atoms with E-state index < -0.39 is 5.66 Å². The first-order valence-corrected chi connectivity index (χ1v) is 8.43. The molecule has 0 saturated carbocycles. The van der Waals surface area contributed by atoms with Crippen molar-refractivity contribution in [3.63, 3.8) is 0 Å². The van der Waals surface area contributed by atoms with E-state index in [1.54, 1.807) is 11.2 Å². The monoisotopic (exact) mass is 352 g/mol. The van der Waals surface area contributed by atoms with Gasteiger partial charge in [-0.15, -0.1) is 0 Å². The highest BCUT2D eigenvalue weighted by atomic mass is 35.5. The van der Waals surface area contributed by atoms with Crippen LogP contribution in [0.2, 0.25) is 5.02 Å². The molecule has 0 fully saturated rings. The van der Waals surface area contributed by atoms with Crippen LogP contribution in [0.25, 0.3) is 0 Å². The number of para-hydroxylation sites is 1. The van der Waals surface area contributed by atoms with E-state index in [-0.39, 0.29) is 5.91 Å². The summed E-state index contributed by atoms with van der Waals surface area (Å²) >= 11 is 6.04. The van der Waals surface area contributed by atoms with Crippen LogP contribution < -0.4 is 5.32 Å². The van der Waals surface area contributed by atoms with Crippen molar-refractivity contribution in [1.82, 2.24) is 4.90 Å². The number of hydrogen-bond acceptors (Lipinski definition) is 3. The normalized spacial score (nSPS) is 19.4. The van der Waals surface area contributed by atoms with E-state index >= 15 is 0 Å². The van der Waals surface area contributed by atoms with Crippen LogP contribution in [-0.4, -0.2) is 10.8 Å². The Bertz CT molecular complexity index is 906. The first-order chi connectivity index (χ1) is 12.1. The molecule has 1 N–H and O–H groups in total. The van der Waals surface area contributed by atoms with Crippen LogP contribution in [0.1, 0.15) is 28.6 Å². The fourth-order valence-electron chi connectivity index (χ4n) is 3.25. The Balaban J connectivity index is 1.83. The summed E-state index contributed by atoms with van der Waals surface area (Å²) in [5, 5.41) is 4.18. The van der Waals surface area contributed by atoms with Crippen LogP contribution in [0, 0.1) is 0 Å². The van der Waals surface area contributed by atoms with Gasteiger partial charge in [0.25, 0.3) is 5.91 Å². The fraction of sp³-hybridized carbons (Fsp3) is 0.150. The maximum absolute atomic E-state index is 13.2. The number of nitrogens with zero attached hydrogens (tertiary/aromatic N) is 1. The number of carbonyl (C=O) groups excluding carboxylic acids is 1. The average molecular weight is 353 g/mol. The maximum Gasteiger partial charge on any atom is 0.258 e. The van der Waals surface area contributed by atoms with E-state index in [1.165, 1.54) is 0 Å². The minimum Gasteiger partial charge on any atom is -0.467 e. The van der Waals surface area contributed by atoms with E-state index in [0.29, 0.717) is 17.1 Å². The predicted octanol–water partition coefficient (Wildman–Crippen LogP) is 4.87. The number of hydrogen-bond donors (Lipinski definition) is 1. The maximum atomic E-state index is 13.2. The lowest BCUT2D eigenvalue weighted by Gasteiger charge is -2.46. The Morgan fingerprint density at radius 2 is 1.84 bits per heavy atom. The lowest BCUT2D eigenvalue weighted by molar-refractivity contribution is 0.0487. The van der Waals surface area contributed by atoms with Gasteiger partial charge in [-0.25, -0.2) is 0 Å². The summed E-state index contributed by atoms with van der Waals surface area (Å²) in [7, 11) is 0. The molecule has 1 aliphatic heterocycles. The number of furan rings is 1. The smallest absolute Gasteiger partial charge is 0.258 e. The van der Waals surface area contributed by atoms with Crippen LogP contribution >= 0.6 is 11.6 Å². The molecule has 0 saturated heterocycles. The number of carbonyl (C=O) groups is 1. The van der Waals surface area contributed by atoms with Crippen molar-refractivity contribution in [1.29, 1.82) is 0 Å². The number of rotatable bonds is 3. The number of halogens is 1. The summed E-state index contributed by atoms with van der Waals surface area (Å²) in [6, 6.07) is 18.8. The van der Waals surface area contributed by atoms with Gasteiger partial charge in [-0.05, 0) is 48.9 Å². The lowest BCUT2D eigenvalue weighted by atomic mass is 9.93. The van der Waals surface area contributed by atoms with Crippen molar-refractivity contribution < 1.29 is 9.21 Å². The largest absolute Gasteiger partial charge is 0.467 e. The highest BCUT2D eigenvalue weighted by Crippen LogP contribution is 2.39. The van der Waals surface area contributed by atoms with Gasteiger partial charge in [0.05, 0.1) is 18.4 Å². The van der Waals surface area contributed by atoms with Crippen molar-refractivity contribution in [2.75, 3.05) is 5.32 Å². The molecule has 1 aromatic heterocycles. The zero-order chi connectivity index (χ0) is 17.4. The van der Waals surface area contributed by atoms with Crippen LogP contribution in [0.5, 0.6) is 0 Å². The molecule has 4 nitrogen and oxygen atoms in total. The van der Waals surface area contributed by atoms with E-state index in [1.807, 2.05) is 67.6 Å². The number of benzene rings is 2. The van der Waals surface area contributed by atoms with Crippen molar-refractivity contribution >= 4 is 23.2 Å². The van der Waals surface area contributed by atoms with Crippen LogP contribution in [0.4, 0.5) is 5.69 Å². The Labute approximate surface area is 151 Å². The summed E-state index contributed by atoms with van der Waals surface area (Å²) < 4.78 is 5.48. The standard InChI is InChI=1S/C20H17ClN2O2/c1-20(14-8-10-15(21)11-9-14)22-18-7-3-2-6-17(18)19(24)23(20)13-16-5-4-12-25-16/h2-12,22H,13H2,1H3. The Kier molecular flexibility index (Phi) is 3.77. The molecule has 1 atom stereocenters. The minimum absolute atomic E-state index is 0.0387. The minimum atomic E-state index is -0.719. The highest BCUT2D eigenvalue weighted by Gasteiger charge is 2.42. The van der Waals surface area contributed by atoms with Crippen molar-refractivity contribution in [3.8, 4) is 0 Å². The van der Waals surface area contributed by atoms with Crippen molar-refractivity contribution in [3.05, 3.63) is 88.8 Å². The van der Waals surface area contributed by atoms with Gasteiger partial charge in [-0.1, -0.05) is 35.9 Å². The molecule has 0 bridgehead atoms.